The number of halogens is 3. The van der Waals surface area contributed by atoms with Gasteiger partial charge in [-0.2, -0.15) is 18.3 Å². The van der Waals surface area contributed by atoms with Gasteiger partial charge in [0.1, 0.15) is 5.71 Å². The molecule has 0 amide bonds. The van der Waals surface area contributed by atoms with E-state index >= 15 is 0 Å². The van der Waals surface area contributed by atoms with Crippen LogP contribution in [0.1, 0.15) is 28.0 Å². The molecule has 4 nitrogen and oxygen atoms in total. The van der Waals surface area contributed by atoms with Crippen LogP contribution in [0.15, 0.2) is 34.7 Å². The molecule has 0 aliphatic carbocycles. The van der Waals surface area contributed by atoms with Gasteiger partial charge in [0.2, 0.25) is 5.13 Å². The van der Waals surface area contributed by atoms with Crippen LogP contribution in [-0.4, -0.2) is 22.7 Å². The maximum Gasteiger partial charge on any atom is 0.431 e. The molecule has 0 fully saturated rings. The van der Waals surface area contributed by atoms with Gasteiger partial charge in [0.15, 0.2) is 5.78 Å². The fraction of sp³-hybridized carbons (Fsp3) is 0.267. The van der Waals surface area contributed by atoms with Gasteiger partial charge in [-0.15, -0.1) is 11.3 Å². The molecule has 2 rings (SSSR count). The minimum atomic E-state index is -4.69. The second kappa shape index (κ2) is 6.91. The lowest BCUT2D eigenvalue weighted by Gasteiger charge is -2.10. The number of Topliss-reactive ketones (excluding diaryl/α,β-unsaturated/α-hetero) is 1. The van der Waals surface area contributed by atoms with E-state index in [9.17, 15) is 18.0 Å². The van der Waals surface area contributed by atoms with E-state index in [1.165, 1.54) is 12.1 Å². The monoisotopic (exact) mass is 341 g/mol. The van der Waals surface area contributed by atoms with E-state index in [1.54, 1.807) is 24.4 Å². The van der Waals surface area contributed by atoms with Gasteiger partial charge in [0, 0.05) is 10.9 Å². The van der Waals surface area contributed by atoms with Gasteiger partial charge in [0.05, 0.1) is 12.1 Å². The molecule has 2 aromatic rings. The van der Waals surface area contributed by atoms with Crippen molar-refractivity contribution in [2.45, 2.75) is 26.4 Å². The minimum absolute atomic E-state index is 0.220. The number of carbonyl (C=O) groups is 1. The summed E-state index contributed by atoms with van der Waals surface area (Å²) in [6.45, 7) is 3.55. The Labute approximate surface area is 135 Å². The van der Waals surface area contributed by atoms with Crippen molar-refractivity contribution in [2.24, 2.45) is 5.10 Å². The third-order valence-corrected chi connectivity index (χ3v) is 3.80. The lowest BCUT2D eigenvalue weighted by molar-refractivity contribution is -0.0602. The molecular formula is C15H14F3N3OS. The SMILES string of the molecule is Cc1ccc(C(=O)C/C(=N\Nc2nc(C)cs2)C(F)(F)F)cc1. The van der Waals surface area contributed by atoms with Crippen LogP contribution in [0.5, 0.6) is 0 Å². The van der Waals surface area contributed by atoms with Crippen LogP contribution >= 0.6 is 11.3 Å². The molecule has 1 aromatic heterocycles. The Morgan fingerprint density at radius 3 is 2.43 bits per heavy atom. The van der Waals surface area contributed by atoms with Crippen molar-refractivity contribution < 1.29 is 18.0 Å². The number of hydrogen-bond acceptors (Lipinski definition) is 5. The number of thiazole rings is 1. The molecule has 0 saturated heterocycles. The van der Waals surface area contributed by atoms with Crippen LogP contribution in [0.2, 0.25) is 0 Å². The average molecular weight is 341 g/mol. The second-order valence-corrected chi connectivity index (χ2v) is 5.79. The highest BCUT2D eigenvalue weighted by molar-refractivity contribution is 7.13. The van der Waals surface area contributed by atoms with Crippen LogP contribution < -0.4 is 5.43 Å². The molecule has 0 aliphatic rings. The maximum atomic E-state index is 13.0. The van der Waals surface area contributed by atoms with Gasteiger partial charge in [-0.1, -0.05) is 29.8 Å². The fourth-order valence-electron chi connectivity index (χ4n) is 1.72. The highest BCUT2D eigenvalue weighted by atomic mass is 32.1. The summed E-state index contributed by atoms with van der Waals surface area (Å²) >= 11 is 1.14. The summed E-state index contributed by atoms with van der Waals surface area (Å²) in [5.41, 5.74) is 2.90. The average Bonchev–Trinajstić information content (AvgIpc) is 2.88. The smallest absolute Gasteiger partial charge is 0.294 e. The number of rotatable bonds is 5. The summed E-state index contributed by atoms with van der Waals surface area (Å²) in [4.78, 5) is 16.0. The molecule has 1 heterocycles. The van der Waals surface area contributed by atoms with Crippen LogP contribution in [-0.2, 0) is 0 Å². The number of nitrogens with zero attached hydrogens (tertiary/aromatic N) is 2. The Kier molecular flexibility index (Phi) is 5.15. The molecule has 8 heteroatoms. The number of ketones is 1. The number of hydrazone groups is 1. The van der Waals surface area contributed by atoms with E-state index in [4.69, 9.17) is 0 Å². The molecule has 0 bridgehead atoms. The molecule has 0 radical (unpaired) electrons. The Hall–Kier alpha value is -2.22. The Bertz CT molecular complexity index is 720. The summed E-state index contributed by atoms with van der Waals surface area (Å²) in [6.07, 6.45) is -5.52. The molecule has 0 spiro atoms. The number of aromatic nitrogens is 1. The van der Waals surface area contributed by atoms with Crippen LogP contribution in [0.4, 0.5) is 18.3 Å². The predicted molar refractivity (Wildman–Crippen MR) is 84.1 cm³/mol. The largest absolute Gasteiger partial charge is 0.431 e. The minimum Gasteiger partial charge on any atom is -0.294 e. The molecule has 23 heavy (non-hydrogen) atoms. The van der Waals surface area contributed by atoms with Gasteiger partial charge in [-0.05, 0) is 13.8 Å². The number of carbonyl (C=O) groups excluding carboxylic acids is 1. The molecule has 122 valence electrons. The van der Waals surface area contributed by atoms with Gasteiger partial charge >= 0.3 is 6.18 Å². The molecule has 0 unspecified atom stereocenters. The molecule has 0 atom stereocenters. The van der Waals surface area contributed by atoms with Crippen molar-refractivity contribution in [2.75, 3.05) is 5.43 Å². The van der Waals surface area contributed by atoms with Crippen molar-refractivity contribution in [3.63, 3.8) is 0 Å². The van der Waals surface area contributed by atoms with Crippen molar-refractivity contribution >= 4 is 28.0 Å². The highest BCUT2D eigenvalue weighted by Crippen LogP contribution is 2.22. The zero-order chi connectivity index (χ0) is 17.0. The number of benzene rings is 1. The standard InChI is InChI=1S/C15H14F3N3OS/c1-9-3-5-11(6-4-9)12(22)7-13(15(16,17)18)20-21-14-19-10(2)8-23-14/h3-6,8H,7H2,1-2H3,(H,19,21)/b20-13+. The lowest BCUT2D eigenvalue weighted by Crippen LogP contribution is -2.27. The molecule has 1 N–H and O–H groups in total. The van der Waals surface area contributed by atoms with Crippen LogP contribution in [0.3, 0.4) is 0 Å². The molecular weight excluding hydrogens is 327 g/mol. The Morgan fingerprint density at radius 2 is 1.91 bits per heavy atom. The topological polar surface area (TPSA) is 54.4 Å². The number of hydrogen-bond donors (Lipinski definition) is 1. The predicted octanol–water partition coefficient (Wildman–Crippen LogP) is 4.36. The highest BCUT2D eigenvalue weighted by Gasteiger charge is 2.37. The molecule has 0 aliphatic heterocycles. The van der Waals surface area contributed by atoms with E-state index in [-0.39, 0.29) is 10.7 Å². The van der Waals surface area contributed by atoms with E-state index in [2.05, 4.69) is 15.5 Å². The lowest BCUT2D eigenvalue weighted by atomic mass is 10.0. The van der Waals surface area contributed by atoms with Crippen molar-refractivity contribution in [3.05, 3.63) is 46.5 Å². The number of nitrogens with one attached hydrogen (secondary N) is 1. The third-order valence-electron chi connectivity index (χ3n) is 2.93. The first-order valence-corrected chi connectivity index (χ1v) is 7.55. The number of alkyl halides is 3. The van der Waals surface area contributed by atoms with E-state index in [1.807, 2.05) is 6.92 Å². The van der Waals surface area contributed by atoms with Gasteiger partial charge in [0.25, 0.3) is 0 Å². The summed E-state index contributed by atoms with van der Waals surface area (Å²) < 4.78 is 39.1. The van der Waals surface area contributed by atoms with Crippen molar-refractivity contribution in [1.82, 2.24) is 4.98 Å². The fourth-order valence-corrected chi connectivity index (χ4v) is 2.35. The second-order valence-electron chi connectivity index (χ2n) is 4.93. The first kappa shape index (κ1) is 17.1. The van der Waals surface area contributed by atoms with Gasteiger partial charge in [-0.25, -0.2) is 4.98 Å². The number of anilines is 1. The number of aryl methyl sites for hydroxylation is 2. The van der Waals surface area contributed by atoms with E-state index in [0.717, 1.165) is 16.9 Å². The van der Waals surface area contributed by atoms with Crippen molar-refractivity contribution in [3.8, 4) is 0 Å². The molecule has 1 aromatic carbocycles. The third kappa shape index (κ3) is 4.88. The first-order valence-electron chi connectivity index (χ1n) is 6.67. The Morgan fingerprint density at radius 1 is 1.26 bits per heavy atom. The Balaban J connectivity index is 2.15. The van der Waals surface area contributed by atoms with E-state index in [0.29, 0.717) is 5.69 Å². The summed E-state index contributed by atoms with van der Waals surface area (Å²) in [5.74, 6) is -0.641. The zero-order valence-electron chi connectivity index (χ0n) is 12.4. The maximum absolute atomic E-state index is 13.0. The van der Waals surface area contributed by atoms with E-state index < -0.39 is 24.1 Å². The van der Waals surface area contributed by atoms with Gasteiger partial charge in [-0.3, -0.25) is 10.2 Å². The van der Waals surface area contributed by atoms with Gasteiger partial charge < -0.3 is 0 Å². The van der Waals surface area contributed by atoms with Crippen molar-refractivity contribution in [1.29, 1.82) is 0 Å². The van der Waals surface area contributed by atoms with Crippen LogP contribution in [0, 0.1) is 13.8 Å². The summed E-state index contributed by atoms with van der Waals surface area (Å²) in [5, 5.41) is 5.26. The first-order chi connectivity index (χ1) is 10.8. The zero-order valence-corrected chi connectivity index (χ0v) is 13.3. The quantitative estimate of drug-likeness (QED) is 0.499. The van der Waals surface area contributed by atoms with Crippen LogP contribution in [0.25, 0.3) is 0 Å². The normalized spacial score (nSPS) is 12.3. The summed E-state index contributed by atoms with van der Waals surface area (Å²) in [6, 6.07) is 6.36. The summed E-state index contributed by atoms with van der Waals surface area (Å²) in [7, 11) is 0. The molecule has 0 saturated carbocycles.